The Morgan fingerprint density at radius 1 is 1.48 bits per heavy atom. The number of aryl methyl sites for hydroxylation is 1. The lowest BCUT2D eigenvalue weighted by molar-refractivity contribution is 0.0978. The number of thiocarbonyl (C=S) groups is 1. The minimum Gasteiger partial charge on any atom is -0.299 e. The van der Waals surface area contributed by atoms with Gasteiger partial charge in [-0.05, 0) is 42.1 Å². The fourth-order valence-electron chi connectivity index (χ4n) is 1.66. The first kappa shape index (κ1) is 17.8. The number of nitrogens with zero attached hydrogens (tertiary/aromatic N) is 4. The maximum Gasteiger partial charge on any atom is 0.269 e. The quantitative estimate of drug-likeness (QED) is 0.728. The SMILES string of the molecule is CCCCn1nnc(NC(=S)NC(=O)c2cc(Br)ccc2Cl)n1. The van der Waals surface area contributed by atoms with E-state index in [1.165, 1.54) is 4.80 Å². The molecule has 0 saturated carbocycles. The summed E-state index contributed by atoms with van der Waals surface area (Å²) in [6.07, 6.45) is 1.99. The van der Waals surface area contributed by atoms with E-state index in [4.69, 9.17) is 23.8 Å². The fourth-order valence-corrected chi connectivity index (χ4v) is 2.41. The minimum absolute atomic E-state index is 0.0704. The molecule has 0 radical (unpaired) electrons. The second-order valence-corrected chi connectivity index (χ2v) is 6.33. The highest BCUT2D eigenvalue weighted by atomic mass is 79.9. The summed E-state index contributed by atoms with van der Waals surface area (Å²) in [5, 5.41) is 17.5. The third-order valence-electron chi connectivity index (χ3n) is 2.79. The van der Waals surface area contributed by atoms with Crippen molar-refractivity contribution in [1.29, 1.82) is 0 Å². The number of carbonyl (C=O) groups excluding carboxylic acids is 1. The molecule has 2 N–H and O–H groups in total. The third kappa shape index (κ3) is 5.22. The number of amides is 1. The molecule has 2 aromatic rings. The first-order valence-electron chi connectivity index (χ1n) is 6.84. The molecule has 1 aromatic carbocycles. The summed E-state index contributed by atoms with van der Waals surface area (Å²) in [6, 6.07) is 4.98. The summed E-state index contributed by atoms with van der Waals surface area (Å²) >= 11 is 14.4. The van der Waals surface area contributed by atoms with E-state index in [2.05, 4.69) is 48.9 Å². The van der Waals surface area contributed by atoms with E-state index in [1.807, 2.05) is 0 Å². The molecule has 0 aliphatic carbocycles. The van der Waals surface area contributed by atoms with E-state index in [0.717, 1.165) is 17.3 Å². The summed E-state index contributed by atoms with van der Waals surface area (Å²) in [7, 11) is 0. The number of carbonyl (C=O) groups is 1. The summed E-state index contributed by atoms with van der Waals surface area (Å²) < 4.78 is 0.742. The van der Waals surface area contributed by atoms with Gasteiger partial charge in [-0.15, -0.1) is 5.10 Å². The average molecular weight is 418 g/mol. The molecule has 1 amide bonds. The summed E-state index contributed by atoms with van der Waals surface area (Å²) in [6.45, 7) is 2.76. The summed E-state index contributed by atoms with van der Waals surface area (Å²) in [4.78, 5) is 13.6. The van der Waals surface area contributed by atoms with Crippen molar-refractivity contribution < 1.29 is 4.79 Å². The maximum atomic E-state index is 12.2. The van der Waals surface area contributed by atoms with Gasteiger partial charge in [-0.1, -0.05) is 46.0 Å². The van der Waals surface area contributed by atoms with Crippen LogP contribution in [0.4, 0.5) is 5.95 Å². The van der Waals surface area contributed by atoms with Gasteiger partial charge in [0.15, 0.2) is 5.11 Å². The van der Waals surface area contributed by atoms with Crippen molar-refractivity contribution in [2.24, 2.45) is 0 Å². The van der Waals surface area contributed by atoms with E-state index in [-0.39, 0.29) is 11.1 Å². The molecular formula is C13H14BrClN6OS. The number of benzene rings is 1. The van der Waals surface area contributed by atoms with Crippen molar-refractivity contribution in [2.45, 2.75) is 26.3 Å². The van der Waals surface area contributed by atoms with Crippen molar-refractivity contribution in [3.05, 3.63) is 33.3 Å². The number of hydrogen-bond acceptors (Lipinski definition) is 5. The normalized spacial score (nSPS) is 10.4. The van der Waals surface area contributed by atoms with Gasteiger partial charge in [0, 0.05) is 4.47 Å². The first-order valence-corrected chi connectivity index (χ1v) is 8.42. The van der Waals surface area contributed by atoms with E-state index in [0.29, 0.717) is 17.1 Å². The molecule has 23 heavy (non-hydrogen) atoms. The van der Waals surface area contributed by atoms with Crippen LogP contribution in [-0.2, 0) is 6.54 Å². The Morgan fingerprint density at radius 2 is 2.26 bits per heavy atom. The predicted octanol–water partition coefficient (Wildman–Crippen LogP) is 3.02. The zero-order chi connectivity index (χ0) is 16.8. The number of anilines is 1. The van der Waals surface area contributed by atoms with Crippen LogP contribution in [0.5, 0.6) is 0 Å². The van der Waals surface area contributed by atoms with Gasteiger partial charge in [0.25, 0.3) is 11.9 Å². The second-order valence-electron chi connectivity index (χ2n) is 4.59. The molecule has 0 fully saturated rings. The minimum atomic E-state index is -0.424. The number of tetrazole rings is 1. The van der Waals surface area contributed by atoms with Gasteiger partial charge >= 0.3 is 0 Å². The van der Waals surface area contributed by atoms with Gasteiger partial charge in [0.05, 0.1) is 17.1 Å². The highest BCUT2D eigenvalue weighted by Crippen LogP contribution is 2.20. The molecule has 1 aromatic heterocycles. The lowest BCUT2D eigenvalue weighted by atomic mass is 10.2. The van der Waals surface area contributed by atoms with E-state index < -0.39 is 5.91 Å². The Morgan fingerprint density at radius 3 is 3.00 bits per heavy atom. The molecule has 0 aliphatic rings. The van der Waals surface area contributed by atoms with Crippen LogP contribution in [-0.4, -0.2) is 31.2 Å². The maximum absolute atomic E-state index is 12.2. The van der Waals surface area contributed by atoms with Crippen molar-refractivity contribution >= 4 is 56.7 Å². The van der Waals surface area contributed by atoms with Gasteiger partial charge < -0.3 is 0 Å². The van der Waals surface area contributed by atoms with Crippen LogP contribution in [0.15, 0.2) is 22.7 Å². The average Bonchev–Trinajstić information content (AvgIpc) is 2.94. The largest absolute Gasteiger partial charge is 0.299 e. The number of hydrogen-bond donors (Lipinski definition) is 2. The second kappa shape index (κ2) is 8.32. The van der Waals surface area contributed by atoms with E-state index in [9.17, 15) is 4.79 Å². The predicted molar refractivity (Wildman–Crippen MR) is 95.6 cm³/mol. The van der Waals surface area contributed by atoms with Crippen LogP contribution >= 0.6 is 39.7 Å². The lowest BCUT2D eigenvalue weighted by Gasteiger charge is -2.08. The fraction of sp³-hybridized carbons (Fsp3) is 0.308. The molecule has 0 bridgehead atoms. The van der Waals surface area contributed by atoms with Gasteiger partial charge in [-0.2, -0.15) is 4.80 Å². The Hall–Kier alpha value is -1.58. The van der Waals surface area contributed by atoms with Crippen molar-refractivity contribution in [1.82, 2.24) is 25.5 Å². The molecule has 0 unspecified atom stereocenters. The molecular weight excluding hydrogens is 404 g/mol. The highest BCUT2D eigenvalue weighted by Gasteiger charge is 2.13. The van der Waals surface area contributed by atoms with Gasteiger partial charge in [0.2, 0.25) is 0 Å². The van der Waals surface area contributed by atoms with Crippen LogP contribution < -0.4 is 10.6 Å². The van der Waals surface area contributed by atoms with Crippen molar-refractivity contribution in [3.63, 3.8) is 0 Å². The Bertz CT molecular complexity index is 722. The van der Waals surface area contributed by atoms with Crippen LogP contribution in [0.1, 0.15) is 30.1 Å². The molecule has 0 aliphatic heterocycles. The molecule has 122 valence electrons. The van der Waals surface area contributed by atoms with E-state index >= 15 is 0 Å². The van der Waals surface area contributed by atoms with Crippen molar-refractivity contribution in [3.8, 4) is 0 Å². The summed E-state index contributed by atoms with van der Waals surface area (Å²) in [5.41, 5.74) is 0.310. The molecule has 0 saturated heterocycles. The first-order chi connectivity index (χ1) is 11.0. The van der Waals surface area contributed by atoms with Crippen LogP contribution in [0.2, 0.25) is 5.02 Å². The zero-order valence-electron chi connectivity index (χ0n) is 12.2. The number of unbranched alkanes of at least 4 members (excludes halogenated alkanes) is 1. The highest BCUT2D eigenvalue weighted by molar-refractivity contribution is 9.10. The molecule has 7 nitrogen and oxygen atoms in total. The standard InChI is InChI=1S/C13H14BrClN6OS/c1-2-3-6-21-19-12(18-20-21)17-13(23)16-11(22)9-7-8(14)4-5-10(9)15/h4-5,7H,2-3,6H2,1H3,(H2,16,17,19,22,23). The number of rotatable bonds is 5. The van der Waals surface area contributed by atoms with Gasteiger partial charge in [-0.25, -0.2) is 0 Å². The number of aromatic nitrogens is 4. The molecule has 2 rings (SSSR count). The number of halogens is 2. The Balaban J connectivity index is 1.95. The Labute approximate surface area is 151 Å². The van der Waals surface area contributed by atoms with Gasteiger partial charge in [0.1, 0.15) is 0 Å². The van der Waals surface area contributed by atoms with Crippen molar-refractivity contribution in [2.75, 3.05) is 5.32 Å². The Kier molecular flexibility index (Phi) is 6.43. The molecule has 1 heterocycles. The number of nitrogens with one attached hydrogen (secondary N) is 2. The molecule has 10 heteroatoms. The monoisotopic (exact) mass is 416 g/mol. The van der Waals surface area contributed by atoms with Crippen LogP contribution in [0.25, 0.3) is 0 Å². The molecule has 0 atom stereocenters. The third-order valence-corrected chi connectivity index (χ3v) is 3.82. The zero-order valence-corrected chi connectivity index (χ0v) is 15.4. The summed E-state index contributed by atoms with van der Waals surface area (Å²) in [5.74, 6) is -0.195. The van der Waals surface area contributed by atoms with Crippen LogP contribution in [0, 0.1) is 0 Å². The van der Waals surface area contributed by atoms with E-state index in [1.54, 1.807) is 18.2 Å². The van der Waals surface area contributed by atoms with Crippen LogP contribution in [0.3, 0.4) is 0 Å². The van der Waals surface area contributed by atoms with Gasteiger partial charge in [-0.3, -0.25) is 15.4 Å². The lowest BCUT2D eigenvalue weighted by Crippen LogP contribution is -2.34. The molecule has 0 spiro atoms. The smallest absolute Gasteiger partial charge is 0.269 e. The topological polar surface area (TPSA) is 84.7 Å².